The molecule has 0 unspecified atom stereocenters. The summed E-state index contributed by atoms with van der Waals surface area (Å²) in [5, 5.41) is 27.3. The topological polar surface area (TPSA) is 106 Å². The van der Waals surface area contributed by atoms with Crippen LogP contribution in [-0.4, -0.2) is 38.7 Å². The molecule has 4 aromatic rings. The summed E-state index contributed by atoms with van der Waals surface area (Å²) in [5.41, 5.74) is 6.25. The zero-order valence-corrected chi connectivity index (χ0v) is 17.3. The first-order valence-electron chi connectivity index (χ1n) is 10.5. The highest BCUT2D eigenvalue weighted by Crippen LogP contribution is 2.32. The Bertz CT molecular complexity index is 1240. The molecule has 0 fully saturated rings. The highest BCUT2D eigenvalue weighted by Gasteiger charge is 2.23. The van der Waals surface area contributed by atoms with E-state index in [1.54, 1.807) is 6.07 Å². The monoisotopic (exact) mass is 413 g/mol. The molecule has 5 rings (SSSR count). The van der Waals surface area contributed by atoms with Crippen LogP contribution in [-0.2, 0) is 19.5 Å². The SMILES string of the molecule is Cc1[nH]c2c(B(O)O)cccc2c1-c1nc2c(c(NCc3ccccc3)n1)CCNC2. The summed E-state index contributed by atoms with van der Waals surface area (Å²) in [6.45, 7) is 4.25. The summed E-state index contributed by atoms with van der Waals surface area (Å²) in [4.78, 5) is 13.1. The zero-order chi connectivity index (χ0) is 21.4. The predicted octanol–water partition coefficient (Wildman–Crippen LogP) is 1.87. The molecule has 1 aliphatic heterocycles. The molecule has 0 saturated carbocycles. The number of aromatic nitrogens is 3. The molecule has 31 heavy (non-hydrogen) atoms. The third kappa shape index (κ3) is 3.70. The molecule has 0 spiro atoms. The van der Waals surface area contributed by atoms with E-state index in [0.29, 0.717) is 29.9 Å². The van der Waals surface area contributed by atoms with Crippen molar-refractivity contribution in [3.05, 3.63) is 71.0 Å². The molecule has 0 saturated heterocycles. The second-order valence-corrected chi connectivity index (χ2v) is 7.86. The fraction of sp³-hybridized carbons (Fsp3) is 0.217. The van der Waals surface area contributed by atoms with Crippen molar-refractivity contribution in [3.8, 4) is 11.4 Å². The van der Waals surface area contributed by atoms with Crippen molar-refractivity contribution < 1.29 is 10.0 Å². The van der Waals surface area contributed by atoms with Gasteiger partial charge in [0.15, 0.2) is 5.82 Å². The van der Waals surface area contributed by atoms with Crippen LogP contribution < -0.4 is 16.1 Å². The maximum absolute atomic E-state index is 9.76. The Labute approximate surface area is 180 Å². The van der Waals surface area contributed by atoms with Crippen molar-refractivity contribution in [2.24, 2.45) is 0 Å². The van der Waals surface area contributed by atoms with Gasteiger partial charge >= 0.3 is 7.12 Å². The molecule has 3 heterocycles. The number of anilines is 1. The first-order valence-corrected chi connectivity index (χ1v) is 10.5. The molecule has 156 valence electrons. The molecule has 0 radical (unpaired) electrons. The van der Waals surface area contributed by atoms with Crippen molar-refractivity contribution >= 4 is 29.3 Å². The van der Waals surface area contributed by atoms with Gasteiger partial charge in [-0.1, -0.05) is 48.5 Å². The summed E-state index contributed by atoms with van der Waals surface area (Å²) >= 11 is 0. The summed E-state index contributed by atoms with van der Waals surface area (Å²) in [7, 11) is -1.55. The number of benzene rings is 2. The normalized spacial score (nSPS) is 13.3. The molecule has 0 aliphatic carbocycles. The van der Waals surface area contributed by atoms with Crippen LogP contribution in [0, 0.1) is 6.92 Å². The van der Waals surface area contributed by atoms with E-state index >= 15 is 0 Å². The quantitative estimate of drug-likeness (QED) is 0.320. The minimum Gasteiger partial charge on any atom is -0.423 e. The van der Waals surface area contributed by atoms with E-state index < -0.39 is 7.12 Å². The summed E-state index contributed by atoms with van der Waals surface area (Å²) in [5.74, 6) is 1.49. The van der Waals surface area contributed by atoms with E-state index in [9.17, 15) is 10.0 Å². The molecule has 0 bridgehead atoms. The predicted molar refractivity (Wildman–Crippen MR) is 123 cm³/mol. The molecular weight excluding hydrogens is 389 g/mol. The molecule has 0 amide bonds. The van der Waals surface area contributed by atoms with Gasteiger partial charge in [-0.2, -0.15) is 0 Å². The van der Waals surface area contributed by atoms with Gasteiger partial charge in [0, 0.05) is 46.3 Å². The lowest BCUT2D eigenvalue weighted by molar-refractivity contribution is 0.426. The molecule has 5 N–H and O–H groups in total. The van der Waals surface area contributed by atoms with Crippen molar-refractivity contribution in [1.82, 2.24) is 20.3 Å². The first kappa shape index (κ1) is 19.7. The maximum atomic E-state index is 9.76. The van der Waals surface area contributed by atoms with Crippen LogP contribution >= 0.6 is 0 Å². The number of nitrogens with zero attached hydrogens (tertiary/aromatic N) is 2. The minimum absolute atomic E-state index is 0.439. The standard InChI is InChI=1S/C23H24BN5O2/c1-14-20(17-8-5-9-18(24(30)31)21(17)27-14)23-28-19-13-25-11-10-16(19)22(29-23)26-12-15-6-3-2-4-7-15/h2-9,25,27,30-31H,10-13H2,1H3,(H,26,28,29). The Morgan fingerprint density at radius 3 is 2.71 bits per heavy atom. The van der Waals surface area contributed by atoms with E-state index in [4.69, 9.17) is 9.97 Å². The van der Waals surface area contributed by atoms with Gasteiger partial charge in [0.05, 0.1) is 5.69 Å². The van der Waals surface area contributed by atoms with Gasteiger partial charge in [-0.25, -0.2) is 9.97 Å². The lowest BCUT2D eigenvalue weighted by Gasteiger charge is -2.21. The van der Waals surface area contributed by atoms with Gasteiger partial charge in [0.1, 0.15) is 5.82 Å². The number of rotatable bonds is 5. The van der Waals surface area contributed by atoms with Crippen LogP contribution in [0.25, 0.3) is 22.3 Å². The van der Waals surface area contributed by atoms with Crippen molar-refractivity contribution in [2.45, 2.75) is 26.4 Å². The molecule has 1 aliphatic rings. The third-order valence-corrected chi connectivity index (χ3v) is 5.80. The second kappa shape index (κ2) is 8.15. The van der Waals surface area contributed by atoms with Crippen LogP contribution in [0.3, 0.4) is 0 Å². The number of hydrogen-bond acceptors (Lipinski definition) is 6. The van der Waals surface area contributed by atoms with Crippen LogP contribution in [0.1, 0.15) is 22.5 Å². The number of H-pyrrole nitrogens is 1. The Kier molecular flexibility index (Phi) is 5.19. The van der Waals surface area contributed by atoms with E-state index in [1.807, 2.05) is 37.3 Å². The van der Waals surface area contributed by atoms with E-state index in [1.165, 1.54) is 5.56 Å². The highest BCUT2D eigenvalue weighted by molar-refractivity contribution is 6.61. The van der Waals surface area contributed by atoms with Crippen LogP contribution in [0.2, 0.25) is 0 Å². The number of nitrogens with one attached hydrogen (secondary N) is 3. The second-order valence-electron chi connectivity index (χ2n) is 7.86. The van der Waals surface area contributed by atoms with Gasteiger partial charge in [-0.3, -0.25) is 0 Å². The van der Waals surface area contributed by atoms with E-state index in [0.717, 1.165) is 46.7 Å². The van der Waals surface area contributed by atoms with Crippen LogP contribution in [0.15, 0.2) is 48.5 Å². The summed E-state index contributed by atoms with van der Waals surface area (Å²) < 4.78 is 0. The van der Waals surface area contributed by atoms with Crippen molar-refractivity contribution in [1.29, 1.82) is 0 Å². The Hall–Kier alpha value is -3.20. The fourth-order valence-corrected chi connectivity index (χ4v) is 4.27. The van der Waals surface area contributed by atoms with E-state index in [-0.39, 0.29) is 0 Å². The Morgan fingerprint density at radius 2 is 1.90 bits per heavy atom. The van der Waals surface area contributed by atoms with Gasteiger partial charge in [0.25, 0.3) is 0 Å². The van der Waals surface area contributed by atoms with Gasteiger partial charge in [0.2, 0.25) is 0 Å². The lowest BCUT2D eigenvalue weighted by atomic mass is 9.79. The number of aryl methyl sites for hydroxylation is 1. The molecule has 2 aromatic heterocycles. The van der Waals surface area contributed by atoms with Crippen LogP contribution in [0.4, 0.5) is 5.82 Å². The lowest BCUT2D eigenvalue weighted by Crippen LogP contribution is -2.30. The van der Waals surface area contributed by atoms with Crippen LogP contribution in [0.5, 0.6) is 0 Å². The molecule has 7 nitrogen and oxygen atoms in total. The smallest absolute Gasteiger partial charge is 0.423 e. The largest absolute Gasteiger partial charge is 0.490 e. The average molecular weight is 413 g/mol. The highest BCUT2D eigenvalue weighted by atomic mass is 16.4. The number of fused-ring (bicyclic) bond motifs is 2. The Morgan fingerprint density at radius 1 is 1.06 bits per heavy atom. The maximum Gasteiger partial charge on any atom is 0.490 e. The fourth-order valence-electron chi connectivity index (χ4n) is 4.27. The van der Waals surface area contributed by atoms with Gasteiger partial charge in [-0.05, 0) is 25.5 Å². The summed E-state index contributed by atoms with van der Waals surface area (Å²) in [6.07, 6.45) is 0.875. The van der Waals surface area contributed by atoms with Crippen molar-refractivity contribution in [3.63, 3.8) is 0 Å². The molecular formula is C23H24BN5O2. The number of aromatic amines is 1. The van der Waals surface area contributed by atoms with Gasteiger partial charge < -0.3 is 25.7 Å². The third-order valence-electron chi connectivity index (χ3n) is 5.80. The molecule has 8 heteroatoms. The number of hydrogen-bond donors (Lipinski definition) is 5. The van der Waals surface area contributed by atoms with Gasteiger partial charge in [-0.15, -0.1) is 0 Å². The van der Waals surface area contributed by atoms with E-state index in [2.05, 4.69) is 27.8 Å². The first-order chi connectivity index (χ1) is 15.1. The molecule has 2 aromatic carbocycles. The molecule has 0 atom stereocenters. The summed E-state index contributed by atoms with van der Waals surface area (Å²) in [6, 6.07) is 15.7. The van der Waals surface area contributed by atoms with Crippen molar-refractivity contribution in [2.75, 3.05) is 11.9 Å². The Balaban J connectivity index is 1.62. The average Bonchev–Trinajstić information content (AvgIpc) is 3.13. The zero-order valence-electron chi connectivity index (χ0n) is 17.3. The minimum atomic E-state index is -1.55. The number of para-hydroxylation sites is 1.